The Kier molecular flexibility index (Phi) is 3.69. The van der Waals surface area contributed by atoms with Crippen molar-refractivity contribution in [1.29, 1.82) is 0 Å². The average molecular weight is 273 g/mol. The van der Waals surface area contributed by atoms with Crippen LogP contribution in [0.1, 0.15) is 48.9 Å². The lowest BCUT2D eigenvalue weighted by Crippen LogP contribution is -2.25. The van der Waals surface area contributed by atoms with Gasteiger partial charge in [0.25, 0.3) is 0 Å². The van der Waals surface area contributed by atoms with E-state index in [9.17, 15) is 5.11 Å². The van der Waals surface area contributed by atoms with Crippen LogP contribution >= 0.6 is 0 Å². The Hall–Kier alpha value is -1.88. The number of nitrogens with zero attached hydrogens (tertiary/aromatic N) is 2. The average Bonchev–Trinajstić information content (AvgIpc) is 2.91. The molecule has 20 heavy (non-hydrogen) atoms. The Morgan fingerprint density at radius 1 is 1.15 bits per heavy atom. The third-order valence-electron chi connectivity index (χ3n) is 3.90. The largest absolute Gasteiger partial charge is 0.508 e. The molecule has 1 heterocycles. The second-order valence-corrected chi connectivity index (χ2v) is 5.50. The number of hydrogen-bond donors (Lipinski definition) is 2. The van der Waals surface area contributed by atoms with Crippen LogP contribution in [-0.2, 0) is 6.42 Å². The SMILES string of the molecule is NC1CCC(c2nc(Cc3ccc(O)cc3)no2)CC1. The second kappa shape index (κ2) is 5.63. The molecule has 1 aromatic heterocycles. The standard InChI is InChI=1S/C15H19N3O2/c16-12-5-3-11(4-6-12)15-17-14(18-20-15)9-10-1-7-13(19)8-2-10/h1-2,7-8,11-12,19H,3-6,9,16H2. The van der Waals surface area contributed by atoms with Gasteiger partial charge in [-0.1, -0.05) is 17.3 Å². The summed E-state index contributed by atoms with van der Waals surface area (Å²) in [5, 5.41) is 13.3. The van der Waals surface area contributed by atoms with Crippen molar-refractivity contribution in [3.8, 4) is 5.75 Å². The van der Waals surface area contributed by atoms with Gasteiger partial charge in [0.15, 0.2) is 5.82 Å². The number of hydrogen-bond acceptors (Lipinski definition) is 5. The summed E-state index contributed by atoms with van der Waals surface area (Å²) in [6.07, 6.45) is 4.74. The molecule has 1 fully saturated rings. The lowest BCUT2D eigenvalue weighted by atomic mass is 9.86. The first-order valence-corrected chi connectivity index (χ1v) is 7.06. The Morgan fingerprint density at radius 2 is 1.85 bits per heavy atom. The molecule has 2 aromatic rings. The molecule has 0 radical (unpaired) electrons. The highest BCUT2D eigenvalue weighted by Crippen LogP contribution is 2.31. The van der Waals surface area contributed by atoms with E-state index in [0.717, 1.165) is 37.1 Å². The zero-order valence-electron chi connectivity index (χ0n) is 11.3. The summed E-state index contributed by atoms with van der Waals surface area (Å²) in [6.45, 7) is 0. The Bertz CT molecular complexity index is 557. The molecular formula is C15H19N3O2. The van der Waals surface area contributed by atoms with Gasteiger partial charge in [0, 0.05) is 18.4 Å². The van der Waals surface area contributed by atoms with Crippen LogP contribution in [-0.4, -0.2) is 21.3 Å². The number of rotatable bonds is 3. The van der Waals surface area contributed by atoms with E-state index in [1.807, 2.05) is 12.1 Å². The van der Waals surface area contributed by atoms with Gasteiger partial charge in [0.2, 0.25) is 5.89 Å². The summed E-state index contributed by atoms with van der Waals surface area (Å²) in [7, 11) is 0. The maximum atomic E-state index is 9.26. The van der Waals surface area contributed by atoms with Gasteiger partial charge in [-0.3, -0.25) is 0 Å². The zero-order valence-corrected chi connectivity index (χ0v) is 11.3. The minimum Gasteiger partial charge on any atom is -0.508 e. The normalized spacial score (nSPS) is 22.9. The van der Waals surface area contributed by atoms with Crippen LogP contribution in [0.25, 0.3) is 0 Å². The third kappa shape index (κ3) is 2.99. The molecule has 1 aliphatic rings. The molecule has 0 aliphatic heterocycles. The molecule has 0 unspecified atom stereocenters. The van der Waals surface area contributed by atoms with Crippen molar-refractivity contribution >= 4 is 0 Å². The van der Waals surface area contributed by atoms with Crippen molar-refractivity contribution in [2.45, 2.75) is 44.1 Å². The minimum absolute atomic E-state index is 0.265. The van der Waals surface area contributed by atoms with Crippen molar-refractivity contribution in [2.75, 3.05) is 0 Å². The summed E-state index contributed by atoms with van der Waals surface area (Å²) in [6, 6.07) is 7.39. The van der Waals surface area contributed by atoms with E-state index in [-0.39, 0.29) is 5.75 Å². The van der Waals surface area contributed by atoms with Crippen LogP contribution in [0.15, 0.2) is 28.8 Å². The van der Waals surface area contributed by atoms with Crippen molar-refractivity contribution < 1.29 is 9.63 Å². The van der Waals surface area contributed by atoms with E-state index in [0.29, 0.717) is 24.2 Å². The molecular weight excluding hydrogens is 254 g/mol. The highest BCUT2D eigenvalue weighted by molar-refractivity contribution is 5.27. The molecule has 3 rings (SSSR count). The third-order valence-corrected chi connectivity index (χ3v) is 3.90. The highest BCUT2D eigenvalue weighted by atomic mass is 16.5. The van der Waals surface area contributed by atoms with E-state index < -0.39 is 0 Å². The van der Waals surface area contributed by atoms with Crippen molar-refractivity contribution in [1.82, 2.24) is 10.1 Å². The predicted octanol–water partition coefficient (Wildman–Crippen LogP) is 2.35. The maximum absolute atomic E-state index is 9.26. The fraction of sp³-hybridized carbons (Fsp3) is 0.467. The molecule has 0 bridgehead atoms. The molecule has 3 N–H and O–H groups in total. The number of phenols is 1. The van der Waals surface area contributed by atoms with Gasteiger partial charge in [-0.25, -0.2) is 0 Å². The van der Waals surface area contributed by atoms with Crippen molar-refractivity contribution in [3.63, 3.8) is 0 Å². The van der Waals surface area contributed by atoms with Gasteiger partial charge in [0.1, 0.15) is 5.75 Å². The Labute approximate surface area is 117 Å². The lowest BCUT2D eigenvalue weighted by Gasteiger charge is -2.22. The fourth-order valence-corrected chi connectivity index (χ4v) is 2.67. The Balaban J connectivity index is 1.66. The quantitative estimate of drug-likeness (QED) is 0.896. The molecule has 0 spiro atoms. The number of aromatic hydroxyl groups is 1. The lowest BCUT2D eigenvalue weighted by molar-refractivity contribution is 0.300. The van der Waals surface area contributed by atoms with Crippen LogP contribution in [0, 0.1) is 0 Å². The number of benzene rings is 1. The number of phenolic OH excluding ortho intramolecular Hbond substituents is 1. The molecule has 106 valence electrons. The van der Waals surface area contributed by atoms with E-state index in [1.165, 1.54) is 0 Å². The molecule has 5 heteroatoms. The van der Waals surface area contributed by atoms with Gasteiger partial charge in [-0.2, -0.15) is 4.98 Å². The number of aromatic nitrogens is 2. The van der Waals surface area contributed by atoms with Crippen molar-refractivity contribution in [2.24, 2.45) is 5.73 Å². The molecule has 0 amide bonds. The maximum Gasteiger partial charge on any atom is 0.229 e. The van der Waals surface area contributed by atoms with E-state index in [4.69, 9.17) is 10.3 Å². The van der Waals surface area contributed by atoms with E-state index in [2.05, 4.69) is 10.1 Å². The monoisotopic (exact) mass is 273 g/mol. The molecule has 1 saturated carbocycles. The van der Waals surface area contributed by atoms with Crippen LogP contribution in [0.3, 0.4) is 0 Å². The van der Waals surface area contributed by atoms with Gasteiger partial charge in [-0.15, -0.1) is 0 Å². The van der Waals surface area contributed by atoms with Crippen molar-refractivity contribution in [3.05, 3.63) is 41.5 Å². The van der Waals surface area contributed by atoms with Crippen LogP contribution < -0.4 is 5.73 Å². The topological polar surface area (TPSA) is 85.2 Å². The highest BCUT2D eigenvalue weighted by Gasteiger charge is 2.24. The molecule has 0 atom stereocenters. The van der Waals surface area contributed by atoms with Crippen LogP contribution in [0.4, 0.5) is 0 Å². The summed E-state index contributed by atoms with van der Waals surface area (Å²) < 4.78 is 5.38. The smallest absolute Gasteiger partial charge is 0.229 e. The second-order valence-electron chi connectivity index (χ2n) is 5.50. The minimum atomic E-state index is 0.265. The van der Waals surface area contributed by atoms with Gasteiger partial charge in [-0.05, 0) is 43.4 Å². The molecule has 5 nitrogen and oxygen atoms in total. The summed E-state index contributed by atoms with van der Waals surface area (Å²) in [5.74, 6) is 2.06. The molecule has 1 aliphatic carbocycles. The van der Waals surface area contributed by atoms with Gasteiger partial charge < -0.3 is 15.4 Å². The van der Waals surface area contributed by atoms with E-state index >= 15 is 0 Å². The van der Waals surface area contributed by atoms with Gasteiger partial charge >= 0.3 is 0 Å². The summed E-state index contributed by atoms with van der Waals surface area (Å²) in [4.78, 5) is 4.50. The first-order valence-electron chi connectivity index (χ1n) is 7.06. The zero-order chi connectivity index (χ0) is 13.9. The Morgan fingerprint density at radius 3 is 2.55 bits per heavy atom. The number of nitrogens with two attached hydrogens (primary N) is 1. The predicted molar refractivity (Wildman–Crippen MR) is 74.4 cm³/mol. The molecule has 0 saturated heterocycles. The van der Waals surface area contributed by atoms with Crippen LogP contribution in [0.2, 0.25) is 0 Å². The first-order chi connectivity index (χ1) is 9.70. The van der Waals surface area contributed by atoms with Crippen LogP contribution in [0.5, 0.6) is 5.75 Å². The van der Waals surface area contributed by atoms with Gasteiger partial charge in [0.05, 0.1) is 0 Å². The summed E-state index contributed by atoms with van der Waals surface area (Å²) >= 11 is 0. The van der Waals surface area contributed by atoms with E-state index in [1.54, 1.807) is 12.1 Å². The first kappa shape index (κ1) is 13.1. The summed E-state index contributed by atoms with van der Waals surface area (Å²) in [5.41, 5.74) is 6.96. The fourth-order valence-electron chi connectivity index (χ4n) is 2.67. The molecule has 1 aromatic carbocycles.